The molecule has 0 unspecified atom stereocenters. The van der Waals surface area contributed by atoms with Gasteiger partial charge in [-0.05, 0) is 43.9 Å². The third kappa shape index (κ3) is 2.29. The van der Waals surface area contributed by atoms with Crippen LogP contribution in [0.15, 0.2) is 42.5 Å². The number of aromatic nitrogens is 1. The Bertz CT molecular complexity index is 891. The SMILES string of the molecule is O=C(O)c1ccc2c3ccccc3n([C@H]3CC[C@@H](F)CC3)c2c1. The second kappa shape index (κ2) is 5.37. The fraction of sp³-hybridized carbons (Fsp3) is 0.316. The van der Waals surface area contributed by atoms with Crippen LogP contribution in [-0.4, -0.2) is 21.8 Å². The molecule has 1 aliphatic rings. The average molecular weight is 311 g/mol. The number of rotatable bonds is 2. The molecule has 4 rings (SSSR count). The molecule has 0 aliphatic heterocycles. The summed E-state index contributed by atoms with van der Waals surface area (Å²) in [5, 5.41) is 11.5. The summed E-state index contributed by atoms with van der Waals surface area (Å²) in [5.41, 5.74) is 2.33. The van der Waals surface area contributed by atoms with Gasteiger partial charge in [-0.15, -0.1) is 0 Å². The number of carbonyl (C=O) groups is 1. The van der Waals surface area contributed by atoms with Gasteiger partial charge in [-0.1, -0.05) is 24.3 Å². The van der Waals surface area contributed by atoms with E-state index in [0.29, 0.717) is 18.4 Å². The topological polar surface area (TPSA) is 42.2 Å². The van der Waals surface area contributed by atoms with Gasteiger partial charge in [0.15, 0.2) is 0 Å². The number of carboxylic acids is 1. The molecule has 0 spiro atoms. The molecule has 118 valence electrons. The number of benzene rings is 2. The summed E-state index contributed by atoms with van der Waals surface area (Å²) >= 11 is 0. The summed E-state index contributed by atoms with van der Waals surface area (Å²) in [7, 11) is 0. The standard InChI is InChI=1S/C19H18FNO2/c20-13-6-8-14(9-7-13)21-17-4-2-1-3-15(17)16-10-5-12(19(22)23)11-18(16)21/h1-5,10-11,13-14H,6-9H2,(H,22,23)/t13-,14+. The zero-order valence-electron chi connectivity index (χ0n) is 12.7. The highest BCUT2D eigenvalue weighted by atomic mass is 19.1. The molecule has 0 saturated heterocycles. The van der Waals surface area contributed by atoms with Gasteiger partial charge in [-0.3, -0.25) is 0 Å². The summed E-state index contributed by atoms with van der Waals surface area (Å²) in [5.74, 6) is -0.920. The number of halogens is 1. The molecule has 0 atom stereocenters. The molecule has 1 aliphatic carbocycles. The van der Waals surface area contributed by atoms with Crippen LogP contribution in [0, 0.1) is 0 Å². The lowest BCUT2D eigenvalue weighted by atomic mass is 9.93. The first kappa shape index (κ1) is 14.2. The highest BCUT2D eigenvalue weighted by Gasteiger charge is 2.25. The van der Waals surface area contributed by atoms with Crippen LogP contribution in [0.5, 0.6) is 0 Å². The molecule has 1 fully saturated rings. The van der Waals surface area contributed by atoms with Gasteiger partial charge in [0.2, 0.25) is 0 Å². The van der Waals surface area contributed by atoms with E-state index in [1.165, 1.54) is 0 Å². The minimum atomic E-state index is -0.920. The molecular weight excluding hydrogens is 293 g/mol. The molecule has 3 nitrogen and oxygen atoms in total. The summed E-state index contributed by atoms with van der Waals surface area (Å²) in [6.45, 7) is 0. The van der Waals surface area contributed by atoms with Gasteiger partial charge in [0, 0.05) is 22.3 Å². The first-order valence-corrected chi connectivity index (χ1v) is 8.05. The van der Waals surface area contributed by atoms with E-state index in [2.05, 4.69) is 16.7 Å². The Morgan fingerprint density at radius 2 is 1.70 bits per heavy atom. The molecule has 0 bridgehead atoms. The number of alkyl halides is 1. The van der Waals surface area contributed by atoms with Gasteiger partial charge in [0.25, 0.3) is 0 Å². The molecule has 2 aromatic carbocycles. The largest absolute Gasteiger partial charge is 0.478 e. The van der Waals surface area contributed by atoms with Gasteiger partial charge in [-0.25, -0.2) is 9.18 Å². The van der Waals surface area contributed by atoms with Crippen molar-refractivity contribution in [2.45, 2.75) is 37.9 Å². The quantitative estimate of drug-likeness (QED) is 0.728. The van der Waals surface area contributed by atoms with E-state index in [1.54, 1.807) is 12.1 Å². The molecule has 4 heteroatoms. The highest BCUT2D eigenvalue weighted by molar-refractivity contribution is 6.09. The van der Waals surface area contributed by atoms with E-state index in [9.17, 15) is 14.3 Å². The number of hydrogen-bond acceptors (Lipinski definition) is 1. The van der Waals surface area contributed by atoms with Crippen molar-refractivity contribution in [3.05, 3.63) is 48.0 Å². The molecule has 1 aromatic heterocycles. The van der Waals surface area contributed by atoms with E-state index in [-0.39, 0.29) is 6.04 Å². The van der Waals surface area contributed by atoms with Crippen LogP contribution in [0.4, 0.5) is 4.39 Å². The van der Waals surface area contributed by atoms with Crippen LogP contribution in [0.25, 0.3) is 21.8 Å². The average Bonchev–Trinajstić information content (AvgIpc) is 2.89. The van der Waals surface area contributed by atoms with Gasteiger partial charge in [0.1, 0.15) is 6.17 Å². The first-order valence-electron chi connectivity index (χ1n) is 8.05. The molecule has 23 heavy (non-hydrogen) atoms. The number of nitrogens with zero attached hydrogens (tertiary/aromatic N) is 1. The summed E-state index contributed by atoms with van der Waals surface area (Å²) in [6, 6.07) is 13.6. The van der Waals surface area contributed by atoms with Crippen LogP contribution < -0.4 is 0 Å². The monoisotopic (exact) mass is 311 g/mol. The maximum Gasteiger partial charge on any atom is 0.335 e. The lowest BCUT2D eigenvalue weighted by Crippen LogP contribution is -2.18. The molecule has 1 heterocycles. The van der Waals surface area contributed by atoms with Crippen molar-refractivity contribution in [1.29, 1.82) is 0 Å². The molecular formula is C19H18FNO2. The number of hydrogen-bond donors (Lipinski definition) is 1. The number of fused-ring (bicyclic) bond motifs is 3. The van der Waals surface area contributed by atoms with Crippen LogP contribution in [0.2, 0.25) is 0 Å². The van der Waals surface area contributed by atoms with Crippen molar-refractivity contribution >= 4 is 27.8 Å². The Balaban J connectivity index is 1.97. The minimum Gasteiger partial charge on any atom is -0.478 e. The molecule has 3 aromatic rings. The minimum absolute atomic E-state index is 0.230. The number of carboxylic acid groups (broad SMARTS) is 1. The van der Waals surface area contributed by atoms with Gasteiger partial charge < -0.3 is 9.67 Å². The maximum atomic E-state index is 13.5. The lowest BCUT2D eigenvalue weighted by Gasteiger charge is -2.27. The molecule has 1 saturated carbocycles. The Morgan fingerprint density at radius 3 is 2.43 bits per heavy atom. The summed E-state index contributed by atoms with van der Waals surface area (Å²) in [4.78, 5) is 11.3. The van der Waals surface area contributed by atoms with Crippen molar-refractivity contribution in [3.8, 4) is 0 Å². The Hall–Kier alpha value is -2.36. The zero-order chi connectivity index (χ0) is 16.0. The third-order valence-corrected chi connectivity index (χ3v) is 4.95. The number of aromatic carboxylic acids is 1. The Labute approximate surface area is 133 Å². The Kier molecular flexibility index (Phi) is 3.33. The third-order valence-electron chi connectivity index (χ3n) is 4.95. The second-order valence-electron chi connectivity index (χ2n) is 6.33. The molecule has 0 radical (unpaired) electrons. The molecule has 1 N–H and O–H groups in total. The second-order valence-corrected chi connectivity index (χ2v) is 6.33. The van der Waals surface area contributed by atoms with Crippen LogP contribution in [0.1, 0.15) is 42.1 Å². The normalized spacial score (nSPS) is 21.8. The Morgan fingerprint density at radius 1 is 1.00 bits per heavy atom. The zero-order valence-corrected chi connectivity index (χ0v) is 12.7. The maximum absolute atomic E-state index is 13.5. The predicted molar refractivity (Wildman–Crippen MR) is 88.8 cm³/mol. The van der Waals surface area contributed by atoms with Gasteiger partial charge >= 0.3 is 5.97 Å². The van der Waals surface area contributed by atoms with E-state index in [0.717, 1.165) is 34.6 Å². The van der Waals surface area contributed by atoms with Crippen molar-refractivity contribution < 1.29 is 14.3 Å². The van der Waals surface area contributed by atoms with Crippen molar-refractivity contribution in [2.24, 2.45) is 0 Å². The molecule has 0 amide bonds. The lowest BCUT2D eigenvalue weighted by molar-refractivity contribution is 0.0697. The number of para-hydroxylation sites is 1. The van der Waals surface area contributed by atoms with E-state index < -0.39 is 12.1 Å². The summed E-state index contributed by atoms with van der Waals surface area (Å²) in [6.07, 6.45) is 2.06. The van der Waals surface area contributed by atoms with Crippen molar-refractivity contribution in [1.82, 2.24) is 4.57 Å². The van der Waals surface area contributed by atoms with Crippen molar-refractivity contribution in [3.63, 3.8) is 0 Å². The van der Waals surface area contributed by atoms with Crippen LogP contribution >= 0.6 is 0 Å². The highest BCUT2D eigenvalue weighted by Crippen LogP contribution is 2.38. The van der Waals surface area contributed by atoms with Crippen LogP contribution in [-0.2, 0) is 0 Å². The summed E-state index contributed by atoms with van der Waals surface area (Å²) < 4.78 is 15.7. The van der Waals surface area contributed by atoms with E-state index >= 15 is 0 Å². The van der Waals surface area contributed by atoms with Crippen LogP contribution in [0.3, 0.4) is 0 Å². The van der Waals surface area contributed by atoms with Crippen molar-refractivity contribution in [2.75, 3.05) is 0 Å². The fourth-order valence-corrected chi connectivity index (χ4v) is 3.82. The first-order chi connectivity index (χ1) is 11.1. The smallest absolute Gasteiger partial charge is 0.335 e. The van der Waals surface area contributed by atoms with Gasteiger partial charge in [-0.2, -0.15) is 0 Å². The van der Waals surface area contributed by atoms with E-state index in [4.69, 9.17) is 0 Å². The van der Waals surface area contributed by atoms with Gasteiger partial charge in [0.05, 0.1) is 11.1 Å². The predicted octanol–water partition coefficient (Wildman–Crippen LogP) is 4.95. The van der Waals surface area contributed by atoms with E-state index in [1.807, 2.05) is 18.2 Å². The fourth-order valence-electron chi connectivity index (χ4n) is 3.82.